The first-order valence-corrected chi connectivity index (χ1v) is 7.92. The number of rotatable bonds is 5. The molecule has 0 heterocycles. The lowest BCUT2D eigenvalue weighted by atomic mass is 9.82. The number of benzene rings is 2. The van der Waals surface area contributed by atoms with Crippen molar-refractivity contribution in [3.8, 4) is 5.75 Å². The van der Waals surface area contributed by atoms with Gasteiger partial charge in [-0.15, -0.1) is 0 Å². The van der Waals surface area contributed by atoms with Crippen LogP contribution in [0, 0.1) is 0 Å². The van der Waals surface area contributed by atoms with Gasteiger partial charge in [-0.3, -0.25) is 0 Å². The van der Waals surface area contributed by atoms with Gasteiger partial charge in [0, 0.05) is 13.0 Å². The first-order valence-electron chi connectivity index (χ1n) is 7.92. The molecule has 2 N–H and O–H groups in total. The van der Waals surface area contributed by atoms with Gasteiger partial charge < -0.3 is 10.2 Å². The number of aliphatic hydroxyl groups excluding tert-OH is 1. The number of hydrogen-bond acceptors (Lipinski definition) is 2. The molecule has 0 aromatic heterocycles. The van der Waals surface area contributed by atoms with Gasteiger partial charge in [-0.05, 0) is 40.5 Å². The average molecular weight is 298 g/mol. The first kappa shape index (κ1) is 16.6. The van der Waals surface area contributed by atoms with Gasteiger partial charge in [0.05, 0.1) is 0 Å². The largest absolute Gasteiger partial charge is 0.507 e. The summed E-state index contributed by atoms with van der Waals surface area (Å²) in [6.07, 6.45) is 2.31. The fraction of sp³-hybridized carbons (Fsp3) is 0.400. The molecule has 2 aromatic rings. The topological polar surface area (TPSA) is 40.5 Å². The summed E-state index contributed by atoms with van der Waals surface area (Å²) >= 11 is 0. The van der Waals surface area contributed by atoms with Gasteiger partial charge in [0.15, 0.2) is 0 Å². The van der Waals surface area contributed by atoms with Gasteiger partial charge >= 0.3 is 0 Å². The molecule has 0 aliphatic carbocycles. The van der Waals surface area contributed by atoms with Gasteiger partial charge in [0.25, 0.3) is 0 Å². The van der Waals surface area contributed by atoms with Crippen LogP contribution < -0.4 is 0 Å². The van der Waals surface area contributed by atoms with Crippen LogP contribution in [-0.4, -0.2) is 16.8 Å². The van der Waals surface area contributed by atoms with E-state index in [0.717, 1.165) is 30.4 Å². The summed E-state index contributed by atoms with van der Waals surface area (Å²) in [4.78, 5) is 0. The van der Waals surface area contributed by atoms with Crippen LogP contribution in [0.5, 0.6) is 5.75 Å². The Hall–Kier alpha value is -1.80. The molecule has 2 heteroatoms. The van der Waals surface area contributed by atoms with Crippen LogP contribution in [0.2, 0.25) is 0 Å². The summed E-state index contributed by atoms with van der Waals surface area (Å²) in [6.45, 7) is 6.54. The summed E-state index contributed by atoms with van der Waals surface area (Å²) in [5, 5.41) is 19.8. The maximum absolute atomic E-state index is 10.7. The van der Waals surface area contributed by atoms with Crippen molar-refractivity contribution in [1.29, 1.82) is 0 Å². The Morgan fingerprint density at radius 1 is 0.955 bits per heavy atom. The Kier molecular flexibility index (Phi) is 5.25. The van der Waals surface area contributed by atoms with E-state index in [1.165, 1.54) is 11.1 Å². The average Bonchev–Trinajstić information content (AvgIpc) is 2.47. The number of aromatic hydroxyl groups is 1. The molecule has 2 nitrogen and oxygen atoms in total. The Balaban J connectivity index is 2.42. The van der Waals surface area contributed by atoms with Crippen LogP contribution in [0.1, 0.15) is 49.4 Å². The summed E-state index contributed by atoms with van der Waals surface area (Å²) in [5.74, 6) is 0.407. The molecule has 0 aliphatic rings. The molecule has 0 aliphatic heterocycles. The Morgan fingerprint density at radius 2 is 1.64 bits per heavy atom. The number of phenolic OH excluding ortho intramolecular Hbond substituents is 1. The highest BCUT2D eigenvalue weighted by atomic mass is 16.3. The van der Waals surface area contributed by atoms with Crippen molar-refractivity contribution in [3.05, 3.63) is 64.7 Å². The van der Waals surface area contributed by atoms with Crippen molar-refractivity contribution >= 4 is 0 Å². The number of aliphatic hydroxyl groups is 1. The third kappa shape index (κ3) is 4.11. The van der Waals surface area contributed by atoms with E-state index in [4.69, 9.17) is 5.11 Å². The fourth-order valence-electron chi connectivity index (χ4n) is 2.71. The molecule has 0 bridgehead atoms. The summed E-state index contributed by atoms with van der Waals surface area (Å²) in [7, 11) is 0. The summed E-state index contributed by atoms with van der Waals surface area (Å²) < 4.78 is 0. The Bertz CT molecular complexity index is 610. The highest BCUT2D eigenvalue weighted by Crippen LogP contribution is 2.35. The molecule has 0 spiro atoms. The van der Waals surface area contributed by atoms with Crippen molar-refractivity contribution in [2.24, 2.45) is 0 Å². The number of phenols is 1. The second-order valence-corrected chi connectivity index (χ2v) is 6.89. The lowest BCUT2D eigenvalue weighted by Gasteiger charge is -2.23. The van der Waals surface area contributed by atoms with E-state index < -0.39 is 0 Å². The monoisotopic (exact) mass is 298 g/mol. The second-order valence-electron chi connectivity index (χ2n) is 6.89. The maximum Gasteiger partial charge on any atom is 0.122 e. The smallest absolute Gasteiger partial charge is 0.122 e. The Labute approximate surface area is 133 Å². The number of aryl methyl sites for hydroxylation is 1. The van der Waals surface area contributed by atoms with Gasteiger partial charge in [-0.1, -0.05) is 63.2 Å². The SMILES string of the molecule is CC(C)(C)c1cc(CCCO)cc(Cc2ccccc2)c1O. The normalized spacial score (nSPS) is 11.6. The van der Waals surface area contributed by atoms with Crippen molar-refractivity contribution in [3.63, 3.8) is 0 Å². The highest BCUT2D eigenvalue weighted by molar-refractivity contribution is 5.48. The van der Waals surface area contributed by atoms with E-state index in [1.807, 2.05) is 18.2 Å². The molecular weight excluding hydrogens is 272 g/mol. The van der Waals surface area contributed by atoms with Crippen LogP contribution in [0.4, 0.5) is 0 Å². The van der Waals surface area contributed by atoms with Crippen LogP contribution >= 0.6 is 0 Å². The zero-order valence-electron chi connectivity index (χ0n) is 13.8. The summed E-state index contributed by atoms with van der Waals surface area (Å²) in [5.41, 5.74) is 4.21. The lowest BCUT2D eigenvalue weighted by molar-refractivity contribution is 0.288. The minimum absolute atomic E-state index is 0.106. The lowest BCUT2D eigenvalue weighted by Crippen LogP contribution is -2.13. The van der Waals surface area contributed by atoms with E-state index in [2.05, 4.69) is 45.0 Å². The first-order chi connectivity index (χ1) is 10.4. The molecule has 118 valence electrons. The van der Waals surface area contributed by atoms with E-state index in [-0.39, 0.29) is 12.0 Å². The van der Waals surface area contributed by atoms with Crippen molar-refractivity contribution in [2.45, 2.75) is 45.4 Å². The molecule has 22 heavy (non-hydrogen) atoms. The van der Waals surface area contributed by atoms with Crippen LogP contribution in [0.15, 0.2) is 42.5 Å². The van der Waals surface area contributed by atoms with Crippen molar-refractivity contribution in [2.75, 3.05) is 6.61 Å². The third-order valence-electron chi connectivity index (χ3n) is 3.92. The number of hydrogen-bond donors (Lipinski definition) is 2. The third-order valence-corrected chi connectivity index (χ3v) is 3.92. The van der Waals surface area contributed by atoms with Gasteiger partial charge in [0.1, 0.15) is 5.75 Å². The quantitative estimate of drug-likeness (QED) is 0.868. The zero-order chi connectivity index (χ0) is 16.2. The van der Waals surface area contributed by atoms with E-state index in [1.54, 1.807) is 0 Å². The molecule has 0 atom stereocenters. The second kappa shape index (κ2) is 6.97. The van der Waals surface area contributed by atoms with Crippen LogP contribution in [0.3, 0.4) is 0 Å². The molecule has 2 aromatic carbocycles. The molecule has 0 saturated carbocycles. The molecule has 0 radical (unpaired) electrons. The molecule has 0 unspecified atom stereocenters. The molecule has 0 fully saturated rings. The fourth-order valence-corrected chi connectivity index (χ4v) is 2.71. The van der Waals surface area contributed by atoms with E-state index >= 15 is 0 Å². The van der Waals surface area contributed by atoms with E-state index in [9.17, 15) is 5.11 Å². The van der Waals surface area contributed by atoms with Crippen molar-refractivity contribution in [1.82, 2.24) is 0 Å². The van der Waals surface area contributed by atoms with Gasteiger partial charge in [0.2, 0.25) is 0 Å². The molecule has 2 rings (SSSR count). The van der Waals surface area contributed by atoms with Gasteiger partial charge in [-0.2, -0.15) is 0 Å². The Morgan fingerprint density at radius 3 is 2.23 bits per heavy atom. The van der Waals surface area contributed by atoms with Crippen LogP contribution in [0.25, 0.3) is 0 Å². The molecule has 0 amide bonds. The minimum Gasteiger partial charge on any atom is -0.507 e. The standard InChI is InChI=1S/C20H26O2/c1-20(2,3)18-14-16(10-7-11-21)13-17(19(18)22)12-15-8-5-4-6-9-15/h4-6,8-9,13-14,21-22H,7,10-12H2,1-3H3. The van der Waals surface area contributed by atoms with Crippen molar-refractivity contribution < 1.29 is 10.2 Å². The predicted octanol–water partition coefficient (Wildman–Crippen LogP) is 4.21. The molecular formula is C20H26O2. The van der Waals surface area contributed by atoms with E-state index in [0.29, 0.717) is 5.75 Å². The summed E-state index contributed by atoms with van der Waals surface area (Å²) in [6, 6.07) is 14.4. The predicted molar refractivity (Wildman–Crippen MR) is 91.5 cm³/mol. The molecule has 0 saturated heterocycles. The minimum atomic E-state index is -0.106. The zero-order valence-corrected chi connectivity index (χ0v) is 13.8. The van der Waals surface area contributed by atoms with Crippen LogP contribution in [-0.2, 0) is 18.3 Å². The maximum atomic E-state index is 10.7. The highest BCUT2D eigenvalue weighted by Gasteiger charge is 2.21. The van der Waals surface area contributed by atoms with Gasteiger partial charge in [-0.25, -0.2) is 0 Å².